The van der Waals surface area contributed by atoms with E-state index in [0.29, 0.717) is 5.82 Å². The predicted octanol–water partition coefficient (Wildman–Crippen LogP) is 1.18. The van der Waals surface area contributed by atoms with Crippen LogP contribution in [0.1, 0.15) is 12.2 Å². The topological polar surface area (TPSA) is 129 Å². The molecule has 0 spiro atoms. The lowest BCUT2D eigenvalue weighted by molar-refractivity contribution is -0.147. The maximum absolute atomic E-state index is 12.4. The van der Waals surface area contributed by atoms with Crippen molar-refractivity contribution in [3.05, 3.63) is 36.3 Å². The number of benzene rings is 1. The van der Waals surface area contributed by atoms with Crippen molar-refractivity contribution in [1.29, 1.82) is 0 Å². The summed E-state index contributed by atoms with van der Waals surface area (Å²) in [5.41, 5.74) is -0.0164. The Morgan fingerprint density at radius 1 is 1.27 bits per heavy atom. The SMILES string of the molecule is Cc1nc(S(=O)(=O)NCCC(=O)OCC(=O)Nc2ccccc2OC(F)F)cn1C. The van der Waals surface area contributed by atoms with Gasteiger partial charge in [0.1, 0.15) is 11.6 Å². The third-order valence-corrected chi connectivity index (χ3v) is 5.06. The zero-order valence-corrected chi connectivity index (χ0v) is 16.9. The number of nitrogens with zero attached hydrogens (tertiary/aromatic N) is 2. The molecule has 0 atom stereocenters. The van der Waals surface area contributed by atoms with E-state index in [1.54, 1.807) is 14.0 Å². The molecule has 30 heavy (non-hydrogen) atoms. The van der Waals surface area contributed by atoms with Crippen LogP contribution in [0.15, 0.2) is 35.5 Å². The second-order valence-electron chi connectivity index (χ2n) is 5.97. The molecule has 0 aliphatic carbocycles. The zero-order valence-electron chi connectivity index (χ0n) is 16.1. The van der Waals surface area contributed by atoms with Crippen LogP contribution in [0.2, 0.25) is 0 Å². The van der Waals surface area contributed by atoms with Crippen molar-refractivity contribution >= 4 is 27.6 Å². The Bertz CT molecular complexity index is 990. The monoisotopic (exact) mass is 446 g/mol. The van der Waals surface area contributed by atoms with Crippen LogP contribution in [0.3, 0.4) is 0 Å². The fourth-order valence-corrected chi connectivity index (χ4v) is 3.26. The Labute approximate surface area is 171 Å². The molecule has 10 nitrogen and oxygen atoms in total. The van der Waals surface area contributed by atoms with Crippen LogP contribution in [0.25, 0.3) is 0 Å². The number of esters is 1. The number of aryl methyl sites for hydroxylation is 2. The van der Waals surface area contributed by atoms with Gasteiger partial charge in [0.15, 0.2) is 11.6 Å². The maximum atomic E-state index is 12.4. The minimum Gasteiger partial charge on any atom is -0.456 e. The molecule has 0 saturated carbocycles. The van der Waals surface area contributed by atoms with Crippen molar-refractivity contribution in [3.63, 3.8) is 0 Å². The molecule has 0 aliphatic heterocycles. The van der Waals surface area contributed by atoms with Crippen LogP contribution in [0, 0.1) is 6.92 Å². The molecule has 1 aromatic carbocycles. The molecule has 0 radical (unpaired) electrons. The molecule has 1 aromatic heterocycles. The van der Waals surface area contributed by atoms with Gasteiger partial charge in [0.2, 0.25) is 0 Å². The zero-order chi connectivity index (χ0) is 22.3. The summed E-state index contributed by atoms with van der Waals surface area (Å²) in [7, 11) is -2.25. The number of rotatable bonds is 10. The average molecular weight is 446 g/mol. The highest BCUT2D eigenvalue weighted by molar-refractivity contribution is 7.89. The van der Waals surface area contributed by atoms with E-state index in [0.717, 1.165) is 0 Å². The normalized spacial score (nSPS) is 11.4. The van der Waals surface area contributed by atoms with Crippen LogP contribution in [-0.2, 0) is 31.4 Å². The molecule has 164 valence electrons. The number of carbonyl (C=O) groups is 2. The summed E-state index contributed by atoms with van der Waals surface area (Å²) in [4.78, 5) is 27.5. The summed E-state index contributed by atoms with van der Waals surface area (Å²) < 4.78 is 61.7. The summed E-state index contributed by atoms with van der Waals surface area (Å²) in [6.07, 6.45) is 0.999. The van der Waals surface area contributed by atoms with Gasteiger partial charge in [-0.2, -0.15) is 8.78 Å². The summed E-state index contributed by atoms with van der Waals surface area (Å²) >= 11 is 0. The van der Waals surface area contributed by atoms with Gasteiger partial charge in [-0.1, -0.05) is 12.1 Å². The van der Waals surface area contributed by atoms with E-state index in [2.05, 4.69) is 19.8 Å². The van der Waals surface area contributed by atoms with Gasteiger partial charge in [-0.05, 0) is 19.1 Å². The summed E-state index contributed by atoms with van der Waals surface area (Å²) in [6.45, 7) is -2.38. The fourth-order valence-electron chi connectivity index (χ4n) is 2.19. The lowest BCUT2D eigenvalue weighted by Crippen LogP contribution is -2.28. The minimum atomic E-state index is -3.89. The lowest BCUT2D eigenvalue weighted by atomic mass is 10.3. The van der Waals surface area contributed by atoms with Gasteiger partial charge < -0.3 is 19.4 Å². The molecule has 1 heterocycles. The number of nitrogens with one attached hydrogen (secondary N) is 2. The molecule has 0 saturated heterocycles. The Morgan fingerprint density at radius 2 is 1.97 bits per heavy atom. The van der Waals surface area contributed by atoms with Gasteiger partial charge in [0, 0.05) is 19.8 Å². The largest absolute Gasteiger partial charge is 0.456 e. The first-order chi connectivity index (χ1) is 14.1. The minimum absolute atomic E-state index is 0.0164. The van der Waals surface area contributed by atoms with Gasteiger partial charge in [0.05, 0.1) is 12.1 Å². The number of para-hydroxylation sites is 2. The molecule has 0 bridgehead atoms. The van der Waals surface area contributed by atoms with Crippen LogP contribution in [-0.4, -0.2) is 49.6 Å². The number of hydrogen-bond donors (Lipinski definition) is 2. The van der Waals surface area contributed by atoms with E-state index in [1.807, 2.05) is 0 Å². The Hall–Kier alpha value is -3.06. The van der Waals surface area contributed by atoms with Crippen LogP contribution < -0.4 is 14.8 Å². The number of imidazole rings is 1. The quantitative estimate of drug-likeness (QED) is 0.525. The maximum Gasteiger partial charge on any atom is 0.387 e. The summed E-state index contributed by atoms with van der Waals surface area (Å²) in [6, 6.07) is 5.52. The van der Waals surface area contributed by atoms with E-state index in [4.69, 9.17) is 4.74 Å². The second kappa shape index (κ2) is 10.1. The average Bonchev–Trinajstić information content (AvgIpc) is 3.01. The molecular weight excluding hydrogens is 426 g/mol. The molecular formula is C17H20F2N4O6S. The number of sulfonamides is 1. The van der Waals surface area contributed by atoms with E-state index >= 15 is 0 Å². The molecule has 1 amide bonds. The Morgan fingerprint density at radius 3 is 2.60 bits per heavy atom. The third-order valence-electron chi connectivity index (χ3n) is 3.72. The highest BCUT2D eigenvalue weighted by atomic mass is 32.2. The third kappa shape index (κ3) is 6.77. The highest BCUT2D eigenvalue weighted by Crippen LogP contribution is 2.25. The molecule has 2 rings (SSSR count). The molecule has 0 aliphatic rings. The number of hydrogen-bond acceptors (Lipinski definition) is 7. The highest BCUT2D eigenvalue weighted by Gasteiger charge is 2.19. The predicted molar refractivity (Wildman–Crippen MR) is 100 cm³/mol. The first-order valence-electron chi connectivity index (χ1n) is 8.57. The standard InChI is InChI=1S/C17H20F2N4O6S/c1-11-21-15(9-23(11)2)30(26,27)20-8-7-16(25)28-10-14(24)22-12-5-3-4-6-13(12)29-17(18)19/h3-6,9,17,20H,7-8,10H2,1-2H3,(H,22,24). The molecule has 2 N–H and O–H groups in total. The van der Waals surface area contributed by atoms with E-state index in [-0.39, 0.29) is 29.4 Å². The van der Waals surface area contributed by atoms with Gasteiger partial charge in [-0.15, -0.1) is 0 Å². The number of halogens is 2. The summed E-state index contributed by atoms with van der Waals surface area (Å²) in [5, 5.41) is 2.10. The number of amides is 1. The fraction of sp³-hybridized carbons (Fsp3) is 0.353. The van der Waals surface area contributed by atoms with Gasteiger partial charge in [-0.25, -0.2) is 18.1 Å². The van der Waals surface area contributed by atoms with Crippen LogP contribution in [0.5, 0.6) is 5.75 Å². The second-order valence-corrected chi connectivity index (χ2v) is 7.68. The van der Waals surface area contributed by atoms with E-state index in [1.165, 1.54) is 35.0 Å². The number of alkyl halides is 2. The van der Waals surface area contributed by atoms with Crippen molar-refractivity contribution in [3.8, 4) is 5.75 Å². The van der Waals surface area contributed by atoms with Gasteiger partial charge in [0.25, 0.3) is 15.9 Å². The molecule has 13 heteroatoms. The number of aromatic nitrogens is 2. The molecule has 2 aromatic rings. The van der Waals surface area contributed by atoms with Crippen molar-refractivity contribution in [1.82, 2.24) is 14.3 Å². The first-order valence-corrected chi connectivity index (χ1v) is 10.1. The summed E-state index contributed by atoms with van der Waals surface area (Å²) in [5.74, 6) is -1.35. The number of carbonyl (C=O) groups excluding carboxylic acids is 2. The molecule has 0 fully saturated rings. The number of anilines is 1. The number of ether oxygens (including phenoxy) is 2. The Kier molecular flexibility index (Phi) is 7.83. The van der Waals surface area contributed by atoms with E-state index in [9.17, 15) is 26.8 Å². The van der Waals surface area contributed by atoms with Crippen molar-refractivity contribution in [2.75, 3.05) is 18.5 Å². The van der Waals surface area contributed by atoms with E-state index < -0.39 is 35.1 Å². The smallest absolute Gasteiger partial charge is 0.387 e. The van der Waals surface area contributed by atoms with Crippen molar-refractivity contribution < 1.29 is 36.3 Å². The lowest BCUT2D eigenvalue weighted by Gasteiger charge is -2.11. The van der Waals surface area contributed by atoms with Crippen LogP contribution in [0.4, 0.5) is 14.5 Å². The molecule has 0 unspecified atom stereocenters. The van der Waals surface area contributed by atoms with Gasteiger partial charge in [-0.3, -0.25) is 9.59 Å². The first kappa shape index (κ1) is 23.2. The van der Waals surface area contributed by atoms with Crippen molar-refractivity contribution in [2.24, 2.45) is 7.05 Å². The van der Waals surface area contributed by atoms with Gasteiger partial charge >= 0.3 is 12.6 Å². The van der Waals surface area contributed by atoms with Crippen molar-refractivity contribution in [2.45, 2.75) is 25.0 Å². The van der Waals surface area contributed by atoms with Crippen LogP contribution >= 0.6 is 0 Å². The Balaban J connectivity index is 1.77.